The van der Waals surface area contributed by atoms with Gasteiger partial charge in [0.1, 0.15) is 0 Å². The first kappa shape index (κ1) is 22.5. The Morgan fingerprint density at radius 1 is 0.931 bits per heavy atom. The third-order valence-electron chi connectivity index (χ3n) is 4.46. The highest BCUT2D eigenvalue weighted by Gasteiger charge is 2.22. The maximum Gasteiger partial charge on any atom is 0.255 e. The van der Waals surface area contributed by atoms with Crippen LogP contribution in [0.5, 0.6) is 17.2 Å². The van der Waals surface area contributed by atoms with Crippen molar-refractivity contribution in [1.29, 1.82) is 0 Å². The van der Waals surface area contributed by atoms with Crippen LogP contribution in [0.15, 0.2) is 41.3 Å². The van der Waals surface area contributed by atoms with E-state index in [4.69, 9.17) is 14.2 Å². The third kappa shape index (κ3) is 4.63. The number of hydrogen-bond acceptors (Lipinski definition) is 6. The molecule has 1 unspecified atom stereocenters. The molecule has 0 bridgehead atoms. The average molecular weight is 423 g/mol. The van der Waals surface area contributed by atoms with Gasteiger partial charge in [-0.25, -0.2) is 12.7 Å². The third-order valence-corrected chi connectivity index (χ3v) is 6.28. The highest BCUT2D eigenvalue weighted by molar-refractivity contribution is 7.89. The summed E-state index contributed by atoms with van der Waals surface area (Å²) >= 11 is 0. The van der Waals surface area contributed by atoms with Gasteiger partial charge in [0.2, 0.25) is 15.8 Å². The Bertz CT molecular complexity index is 971. The first-order valence-corrected chi connectivity index (χ1v) is 10.2. The molecule has 0 aliphatic heterocycles. The summed E-state index contributed by atoms with van der Waals surface area (Å²) in [6, 6.07) is 9.24. The number of hydrogen-bond donors (Lipinski definition) is 1. The van der Waals surface area contributed by atoms with E-state index in [9.17, 15) is 13.2 Å². The Hall–Kier alpha value is -2.78. The summed E-state index contributed by atoms with van der Waals surface area (Å²) in [6.45, 7) is 1.81. The van der Waals surface area contributed by atoms with Crippen LogP contribution in [0, 0.1) is 0 Å². The Morgan fingerprint density at radius 2 is 1.52 bits per heavy atom. The van der Waals surface area contributed by atoms with Crippen molar-refractivity contribution in [3.63, 3.8) is 0 Å². The topological polar surface area (TPSA) is 94.2 Å². The fourth-order valence-corrected chi connectivity index (χ4v) is 3.68. The summed E-state index contributed by atoms with van der Waals surface area (Å²) in [7, 11) is 3.86. The van der Waals surface area contributed by atoms with Crippen LogP contribution in [0.2, 0.25) is 0 Å². The van der Waals surface area contributed by atoms with Crippen molar-refractivity contribution in [2.45, 2.75) is 17.9 Å². The first-order chi connectivity index (χ1) is 13.7. The van der Waals surface area contributed by atoms with Crippen molar-refractivity contribution in [2.24, 2.45) is 0 Å². The lowest BCUT2D eigenvalue weighted by molar-refractivity contribution is 0.0936. The molecule has 2 aromatic carbocycles. The molecular weight excluding hydrogens is 396 g/mol. The molecule has 0 radical (unpaired) electrons. The van der Waals surface area contributed by atoms with Gasteiger partial charge in [-0.05, 0) is 36.8 Å². The lowest BCUT2D eigenvalue weighted by Gasteiger charge is -2.18. The monoisotopic (exact) mass is 422 g/mol. The standard InChI is InChI=1S/C20H26N2O6S/c1-13(14-7-9-15(10-8-14)29(24,25)22(2)3)21-20(23)16-11-12-17(26-4)19(28-6)18(16)27-5/h7-13H,1-6H3,(H,21,23). The molecule has 1 amide bonds. The quantitative estimate of drug-likeness (QED) is 0.702. The minimum atomic E-state index is -3.51. The zero-order chi connectivity index (χ0) is 21.8. The second kappa shape index (κ2) is 9.15. The van der Waals surface area contributed by atoms with Gasteiger partial charge in [-0.15, -0.1) is 0 Å². The van der Waals surface area contributed by atoms with Crippen LogP contribution in [0.3, 0.4) is 0 Å². The molecule has 0 aliphatic carbocycles. The zero-order valence-electron chi connectivity index (χ0n) is 17.3. The number of carbonyl (C=O) groups excluding carboxylic acids is 1. The predicted molar refractivity (Wildman–Crippen MR) is 109 cm³/mol. The van der Waals surface area contributed by atoms with Crippen LogP contribution in [0.25, 0.3) is 0 Å². The Labute approximate surface area is 171 Å². The van der Waals surface area contributed by atoms with E-state index >= 15 is 0 Å². The van der Waals surface area contributed by atoms with Gasteiger partial charge >= 0.3 is 0 Å². The van der Waals surface area contributed by atoms with Crippen molar-refractivity contribution < 1.29 is 27.4 Å². The molecular formula is C20H26N2O6S. The molecule has 0 aromatic heterocycles. The smallest absolute Gasteiger partial charge is 0.255 e. The fraction of sp³-hybridized carbons (Fsp3) is 0.350. The summed E-state index contributed by atoms with van der Waals surface area (Å²) in [5.74, 6) is 0.685. The lowest BCUT2D eigenvalue weighted by Crippen LogP contribution is -2.27. The van der Waals surface area contributed by atoms with Crippen LogP contribution in [0.1, 0.15) is 28.9 Å². The SMILES string of the molecule is COc1ccc(C(=O)NC(C)c2ccc(S(=O)(=O)N(C)C)cc2)c(OC)c1OC. The van der Waals surface area contributed by atoms with Crippen molar-refractivity contribution in [3.05, 3.63) is 47.5 Å². The first-order valence-electron chi connectivity index (χ1n) is 8.79. The van der Waals surface area contributed by atoms with Gasteiger partial charge in [-0.2, -0.15) is 0 Å². The van der Waals surface area contributed by atoms with Crippen molar-refractivity contribution in [2.75, 3.05) is 35.4 Å². The predicted octanol–water partition coefficient (Wildman–Crippen LogP) is 2.45. The van der Waals surface area contributed by atoms with Crippen LogP contribution in [-0.4, -0.2) is 54.1 Å². The highest BCUT2D eigenvalue weighted by atomic mass is 32.2. The van der Waals surface area contributed by atoms with E-state index in [1.807, 2.05) is 0 Å². The van der Waals surface area contributed by atoms with Crippen molar-refractivity contribution in [1.82, 2.24) is 9.62 Å². The molecule has 1 N–H and O–H groups in total. The second-order valence-electron chi connectivity index (χ2n) is 6.43. The molecule has 158 valence electrons. The minimum Gasteiger partial charge on any atom is -0.493 e. The second-order valence-corrected chi connectivity index (χ2v) is 8.59. The fourth-order valence-electron chi connectivity index (χ4n) is 2.78. The summed E-state index contributed by atoms with van der Waals surface area (Å²) in [5, 5.41) is 2.88. The summed E-state index contributed by atoms with van der Waals surface area (Å²) < 4.78 is 41.4. The number of carbonyl (C=O) groups is 1. The van der Waals surface area contributed by atoms with Crippen molar-refractivity contribution >= 4 is 15.9 Å². The molecule has 0 spiro atoms. The molecule has 9 heteroatoms. The maximum atomic E-state index is 12.8. The van der Waals surface area contributed by atoms with Crippen LogP contribution in [0.4, 0.5) is 0 Å². The Morgan fingerprint density at radius 3 is 2.00 bits per heavy atom. The molecule has 2 aromatic rings. The van der Waals surface area contributed by atoms with Gasteiger partial charge < -0.3 is 19.5 Å². The van der Waals surface area contributed by atoms with E-state index in [-0.39, 0.29) is 22.6 Å². The number of ether oxygens (including phenoxy) is 3. The summed E-state index contributed by atoms with van der Waals surface area (Å²) in [4.78, 5) is 13.0. The highest BCUT2D eigenvalue weighted by Crippen LogP contribution is 2.39. The molecule has 0 aliphatic rings. The largest absolute Gasteiger partial charge is 0.493 e. The van der Waals surface area contributed by atoms with Gasteiger partial charge in [0, 0.05) is 14.1 Å². The van der Waals surface area contributed by atoms with Crippen LogP contribution >= 0.6 is 0 Å². The van der Waals surface area contributed by atoms with Gasteiger partial charge in [-0.3, -0.25) is 4.79 Å². The zero-order valence-corrected chi connectivity index (χ0v) is 18.2. The van der Waals surface area contributed by atoms with Crippen LogP contribution < -0.4 is 19.5 Å². The van der Waals surface area contributed by atoms with E-state index in [0.29, 0.717) is 17.1 Å². The molecule has 0 saturated heterocycles. The average Bonchev–Trinajstić information content (AvgIpc) is 2.72. The van der Waals surface area contributed by atoms with Crippen molar-refractivity contribution in [3.8, 4) is 17.2 Å². The van der Waals surface area contributed by atoms with Gasteiger partial charge in [-0.1, -0.05) is 12.1 Å². The molecule has 29 heavy (non-hydrogen) atoms. The summed E-state index contributed by atoms with van der Waals surface area (Å²) in [6.07, 6.45) is 0. The number of sulfonamides is 1. The number of nitrogens with zero attached hydrogens (tertiary/aromatic N) is 1. The summed E-state index contributed by atoms with van der Waals surface area (Å²) in [5.41, 5.74) is 1.05. The number of methoxy groups -OCH3 is 3. The minimum absolute atomic E-state index is 0.186. The van der Waals surface area contributed by atoms with E-state index < -0.39 is 10.0 Å². The Balaban J connectivity index is 2.25. The number of amides is 1. The molecule has 2 rings (SSSR count). The molecule has 0 fully saturated rings. The number of rotatable bonds is 8. The van der Waals surface area contributed by atoms with E-state index in [0.717, 1.165) is 9.87 Å². The Kier molecular flexibility index (Phi) is 7.10. The lowest BCUT2D eigenvalue weighted by atomic mass is 10.1. The molecule has 0 saturated carbocycles. The van der Waals surface area contributed by atoms with E-state index in [1.54, 1.807) is 31.2 Å². The number of benzene rings is 2. The van der Waals surface area contributed by atoms with Gasteiger partial charge in [0.25, 0.3) is 5.91 Å². The molecule has 8 nitrogen and oxygen atoms in total. The van der Waals surface area contributed by atoms with Crippen LogP contribution in [-0.2, 0) is 10.0 Å². The molecule has 1 atom stereocenters. The van der Waals surface area contributed by atoms with Gasteiger partial charge in [0.05, 0.1) is 37.8 Å². The number of nitrogens with one attached hydrogen (secondary N) is 1. The van der Waals surface area contributed by atoms with E-state index in [2.05, 4.69) is 5.32 Å². The molecule has 0 heterocycles. The maximum absolute atomic E-state index is 12.8. The van der Waals surface area contributed by atoms with E-state index in [1.165, 1.54) is 47.6 Å². The normalized spacial score (nSPS) is 12.4. The van der Waals surface area contributed by atoms with Gasteiger partial charge in [0.15, 0.2) is 11.5 Å².